The Balaban J connectivity index is 2.74. The molecule has 0 spiro atoms. The summed E-state index contributed by atoms with van der Waals surface area (Å²) in [6, 6.07) is 4.86. The minimum Gasteiger partial charge on any atom is -0.347 e. The van der Waals surface area contributed by atoms with Crippen molar-refractivity contribution in [2.75, 3.05) is 14.1 Å². The van der Waals surface area contributed by atoms with Crippen LogP contribution < -0.4 is 0 Å². The predicted octanol–water partition coefficient (Wildman–Crippen LogP) is 1.72. The second-order valence-corrected chi connectivity index (χ2v) is 6.61. The van der Waals surface area contributed by atoms with E-state index in [1.165, 1.54) is 14.1 Å². The minimum atomic E-state index is -3.48. The highest BCUT2D eigenvalue weighted by atomic mass is 32.2. The van der Waals surface area contributed by atoms with E-state index in [4.69, 9.17) is 0 Å². The van der Waals surface area contributed by atoms with Crippen molar-refractivity contribution >= 4 is 27.2 Å². The summed E-state index contributed by atoms with van der Waals surface area (Å²) in [5.74, 6) is 0. The third kappa shape index (κ3) is 2.17. The Morgan fingerprint density at radius 3 is 2.53 bits per heavy atom. The van der Waals surface area contributed by atoms with Crippen molar-refractivity contribution in [3.63, 3.8) is 0 Å². The van der Waals surface area contributed by atoms with Gasteiger partial charge in [0.1, 0.15) is 0 Å². The largest absolute Gasteiger partial charge is 0.347 e. The van der Waals surface area contributed by atoms with Crippen molar-refractivity contribution in [3.8, 4) is 0 Å². The van der Waals surface area contributed by atoms with E-state index in [2.05, 4.69) is 0 Å². The number of sulfonamides is 1. The van der Waals surface area contributed by atoms with Crippen LogP contribution in [0.3, 0.4) is 0 Å². The van der Waals surface area contributed by atoms with Gasteiger partial charge in [-0.1, -0.05) is 0 Å². The fourth-order valence-electron chi connectivity index (χ4n) is 2.03. The molecule has 0 aliphatic heterocycles. The van der Waals surface area contributed by atoms with E-state index >= 15 is 0 Å². The number of rotatable bonds is 4. The van der Waals surface area contributed by atoms with Crippen LogP contribution in [0.4, 0.5) is 0 Å². The number of aldehydes is 1. The van der Waals surface area contributed by atoms with Crippen LogP contribution in [0.15, 0.2) is 29.3 Å². The molecule has 0 bridgehead atoms. The topological polar surface area (TPSA) is 59.4 Å². The van der Waals surface area contributed by atoms with Crippen LogP contribution >= 0.6 is 0 Å². The Labute approximate surface area is 112 Å². The maximum absolute atomic E-state index is 12.1. The molecule has 5 nitrogen and oxygen atoms in total. The number of hydrogen-bond donors (Lipinski definition) is 0. The Hall–Kier alpha value is -1.66. The van der Waals surface area contributed by atoms with Gasteiger partial charge < -0.3 is 4.57 Å². The number of carbonyl (C=O) groups excluding carboxylic acids is 1. The zero-order chi connectivity index (χ0) is 14.2. The first-order valence-electron chi connectivity index (χ1n) is 5.92. The summed E-state index contributed by atoms with van der Waals surface area (Å²) in [5, 5.41) is 0.666. The maximum Gasteiger partial charge on any atom is 0.242 e. The average molecular weight is 280 g/mol. The number of carbonyl (C=O) groups is 1. The highest BCUT2D eigenvalue weighted by Gasteiger charge is 2.19. The lowest BCUT2D eigenvalue weighted by atomic mass is 10.2. The van der Waals surface area contributed by atoms with Crippen LogP contribution in [-0.4, -0.2) is 37.7 Å². The van der Waals surface area contributed by atoms with E-state index in [1.54, 1.807) is 24.4 Å². The number of hydrogen-bond acceptors (Lipinski definition) is 3. The van der Waals surface area contributed by atoms with Crippen molar-refractivity contribution in [1.82, 2.24) is 8.87 Å². The Bertz CT molecular complexity index is 730. The van der Waals surface area contributed by atoms with Crippen LogP contribution in [0.1, 0.15) is 17.3 Å². The molecule has 102 valence electrons. The SMILES string of the molecule is CCn1cc(C=O)c2cc(S(=O)(=O)N(C)C)ccc21. The molecular formula is C13H16N2O3S. The van der Waals surface area contributed by atoms with E-state index in [9.17, 15) is 13.2 Å². The van der Waals surface area contributed by atoms with Gasteiger partial charge in [0.05, 0.1) is 4.90 Å². The number of aromatic nitrogens is 1. The van der Waals surface area contributed by atoms with Gasteiger partial charge in [-0.3, -0.25) is 4.79 Å². The summed E-state index contributed by atoms with van der Waals surface area (Å²) in [7, 11) is -0.516. The molecule has 1 aromatic heterocycles. The third-order valence-corrected chi connectivity index (χ3v) is 4.94. The van der Waals surface area contributed by atoms with Crippen LogP contribution in [0.25, 0.3) is 10.9 Å². The van der Waals surface area contributed by atoms with E-state index in [0.29, 0.717) is 10.9 Å². The van der Waals surface area contributed by atoms with Gasteiger partial charge in [-0.05, 0) is 25.1 Å². The highest BCUT2D eigenvalue weighted by molar-refractivity contribution is 7.89. The van der Waals surface area contributed by atoms with E-state index in [0.717, 1.165) is 22.7 Å². The molecule has 0 aliphatic carbocycles. The number of aryl methyl sites for hydroxylation is 1. The molecule has 0 unspecified atom stereocenters. The lowest BCUT2D eigenvalue weighted by Crippen LogP contribution is -2.22. The van der Waals surface area contributed by atoms with Crippen molar-refractivity contribution in [3.05, 3.63) is 30.0 Å². The molecule has 1 heterocycles. The first kappa shape index (κ1) is 13.8. The lowest BCUT2D eigenvalue weighted by Gasteiger charge is -2.11. The minimum absolute atomic E-state index is 0.196. The lowest BCUT2D eigenvalue weighted by molar-refractivity contribution is 0.112. The summed E-state index contributed by atoms with van der Waals surface area (Å²) in [6.45, 7) is 2.70. The first-order chi connectivity index (χ1) is 8.91. The number of fused-ring (bicyclic) bond motifs is 1. The molecule has 0 radical (unpaired) electrons. The Morgan fingerprint density at radius 1 is 1.32 bits per heavy atom. The highest BCUT2D eigenvalue weighted by Crippen LogP contribution is 2.24. The van der Waals surface area contributed by atoms with Crippen molar-refractivity contribution in [1.29, 1.82) is 0 Å². The van der Waals surface area contributed by atoms with Gasteiger partial charge in [-0.15, -0.1) is 0 Å². The summed E-state index contributed by atoms with van der Waals surface area (Å²) >= 11 is 0. The number of benzene rings is 1. The average Bonchev–Trinajstić information content (AvgIpc) is 2.75. The molecule has 2 rings (SSSR count). The first-order valence-corrected chi connectivity index (χ1v) is 7.36. The molecule has 2 aromatic rings. The molecular weight excluding hydrogens is 264 g/mol. The summed E-state index contributed by atoms with van der Waals surface area (Å²) in [5.41, 5.74) is 1.37. The van der Waals surface area contributed by atoms with E-state index in [1.807, 2.05) is 11.5 Å². The van der Waals surface area contributed by atoms with Gasteiger partial charge in [0.25, 0.3) is 0 Å². The van der Waals surface area contributed by atoms with Gasteiger partial charge in [0.2, 0.25) is 10.0 Å². The molecule has 19 heavy (non-hydrogen) atoms. The van der Waals surface area contributed by atoms with Crippen molar-refractivity contribution in [2.24, 2.45) is 0 Å². The second-order valence-electron chi connectivity index (χ2n) is 4.45. The monoisotopic (exact) mass is 280 g/mol. The zero-order valence-corrected chi connectivity index (χ0v) is 11.9. The predicted molar refractivity (Wildman–Crippen MR) is 73.9 cm³/mol. The molecule has 1 aromatic carbocycles. The second kappa shape index (κ2) is 4.79. The van der Waals surface area contributed by atoms with Gasteiger partial charge in [-0.25, -0.2) is 12.7 Å². The summed E-state index contributed by atoms with van der Waals surface area (Å²) < 4.78 is 27.2. The van der Waals surface area contributed by atoms with Gasteiger partial charge in [0.15, 0.2) is 6.29 Å². The van der Waals surface area contributed by atoms with Crippen LogP contribution in [0, 0.1) is 0 Å². The summed E-state index contributed by atoms with van der Waals surface area (Å²) in [4.78, 5) is 11.3. The molecule has 0 saturated heterocycles. The van der Waals surface area contributed by atoms with Crippen molar-refractivity contribution < 1.29 is 13.2 Å². The normalized spacial score (nSPS) is 12.2. The van der Waals surface area contributed by atoms with E-state index < -0.39 is 10.0 Å². The molecule has 6 heteroatoms. The zero-order valence-electron chi connectivity index (χ0n) is 11.1. The molecule has 0 aliphatic rings. The quantitative estimate of drug-likeness (QED) is 0.801. The Morgan fingerprint density at radius 2 is 2.00 bits per heavy atom. The fraction of sp³-hybridized carbons (Fsp3) is 0.308. The van der Waals surface area contributed by atoms with Crippen LogP contribution in [0.2, 0.25) is 0 Å². The van der Waals surface area contributed by atoms with Crippen LogP contribution in [-0.2, 0) is 16.6 Å². The molecule has 0 amide bonds. The van der Waals surface area contributed by atoms with Gasteiger partial charge in [-0.2, -0.15) is 0 Å². The standard InChI is InChI=1S/C13H16N2O3S/c1-4-15-8-10(9-16)12-7-11(5-6-13(12)15)19(17,18)14(2)3/h5-9H,4H2,1-3H3. The van der Waals surface area contributed by atoms with Gasteiger partial charge >= 0.3 is 0 Å². The Kier molecular flexibility index (Phi) is 3.47. The fourth-order valence-corrected chi connectivity index (χ4v) is 2.96. The number of nitrogens with zero attached hydrogens (tertiary/aromatic N) is 2. The van der Waals surface area contributed by atoms with Crippen LogP contribution in [0.5, 0.6) is 0 Å². The van der Waals surface area contributed by atoms with E-state index in [-0.39, 0.29) is 4.90 Å². The molecule has 0 atom stereocenters. The maximum atomic E-state index is 12.1. The van der Waals surface area contributed by atoms with Crippen molar-refractivity contribution in [2.45, 2.75) is 18.4 Å². The summed E-state index contributed by atoms with van der Waals surface area (Å²) in [6.07, 6.45) is 2.49. The van der Waals surface area contributed by atoms with Gasteiger partial charge in [0, 0.05) is 43.3 Å². The molecule has 0 fully saturated rings. The molecule has 0 saturated carbocycles. The molecule has 0 N–H and O–H groups in total. The smallest absolute Gasteiger partial charge is 0.242 e. The third-order valence-electron chi connectivity index (χ3n) is 3.13.